The molecule has 17 heavy (non-hydrogen) atoms. The maximum Gasteiger partial charge on any atom is 0.242 e. The molecular weight excluding hydrogens is 315 g/mol. The van der Waals surface area contributed by atoms with Crippen molar-refractivity contribution in [2.75, 3.05) is 18.9 Å². The van der Waals surface area contributed by atoms with E-state index in [1.165, 1.54) is 0 Å². The summed E-state index contributed by atoms with van der Waals surface area (Å²) in [6.45, 7) is -0.0294. The summed E-state index contributed by atoms with van der Waals surface area (Å²) in [6, 6.07) is 2.04. The molecule has 1 aromatic rings. The first-order chi connectivity index (χ1) is 7.88. The molecule has 0 aliphatic heterocycles. The van der Waals surface area contributed by atoms with E-state index in [0.717, 1.165) is 12.1 Å². The number of halogens is 2. The summed E-state index contributed by atoms with van der Waals surface area (Å²) in [7, 11) is -3.79. The quantitative estimate of drug-likeness (QED) is 0.552. The van der Waals surface area contributed by atoms with E-state index in [2.05, 4.69) is 20.7 Å². The summed E-state index contributed by atoms with van der Waals surface area (Å²) in [5.41, 5.74) is 5.29. The van der Waals surface area contributed by atoms with Crippen LogP contribution in [0.1, 0.15) is 6.42 Å². The molecule has 0 aromatic heterocycles. The van der Waals surface area contributed by atoms with E-state index in [9.17, 15) is 12.8 Å². The number of nitrogens with two attached hydrogens (primary N) is 1. The molecule has 0 amide bonds. The number of hydrogen-bond donors (Lipinski definition) is 3. The van der Waals surface area contributed by atoms with Crippen molar-refractivity contribution in [2.24, 2.45) is 0 Å². The molecule has 0 fully saturated rings. The highest BCUT2D eigenvalue weighted by Crippen LogP contribution is 2.25. The first-order valence-corrected chi connectivity index (χ1v) is 7.01. The number of aliphatic hydroxyl groups is 1. The van der Waals surface area contributed by atoms with Gasteiger partial charge in [0.25, 0.3) is 0 Å². The van der Waals surface area contributed by atoms with Gasteiger partial charge in [0.1, 0.15) is 10.7 Å². The Balaban J connectivity index is 3.03. The van der Waals surface area contributed by atoms with Crippen LogP contribution in [0.15, 0.2) is 21.5 Å². The zero-order valence-corrected chi connectivity index (χ0v) is 11.2. The smallest absolute Gasteiger partial charge is 0.242 e. The van der Waals surface area contributed by atoms with Crippen LogP contribution in [0, 0.1) is 5.82 Å². The van der Waals surface area contributed by atoms with Gasteiger partial charge in [0.2, 0.25) is 10.0 Å². The van der Waals surface area contributed by atoms with Crippen molar-refractivity contribution in [1.82, 2.24) is 4.72 Å². The van der Waals surface area contributed by atoms with Crippen molar-refractivity contribution in [3.05, 3.63) is 22.4 Å². The molecule has 0 radical (unpaired) electrons. The molecule has 1 rings (SSSR count). The second-order valence-electron chi connectivity index (χ2n) is 3.28. The zero-order valence-electron chi connectivity index (χ0n) is 8.78. The van der Waals surface area contributed by atoms with Crippen molar-refractivity contribution in [2.45, 2.75) is 11.3 Å². The van der Waals surface area contributed by atoms with Crippen LogP contribution in [0.4, 0.5) is 10.1 Å². The van der Waals surface area contributed by atoms with E-state index in [0.29, 0.717) is 6.42 Å². The van der Waals surface area contributed by atoms with E-state index in [4.69, 9.17) is 10.8 Å². The lowest BCUT2D eigenvalue weighted by Gasteiger charge is -2.09. The van der Waals surface area contributed by atoms with Crippen LogP contribution in [-0.4, -0.2) is 26.7 Å². The predicted octanol–water partition coefficient (Wildman–Crippen LogP) is 0.831. The molecule has 0 saturated heterocycles. The molecule has 0 unspecified atom stereocenters. The Labute approximate surface area is 107 Å². The maximum atomic E-state index is 13.1. The summed E-state index contributed by atoms with van der Waals surface area (Å²) >= 11 is 2.89. The average molecular weight is 327 g/mol. The van der Waals surface area contributed by atoms with E-state index in [-0.39, 0.29) is 28.2 Å². The Morgan fingerprint density at radius 2 is 2.12 bits per heavy atom. The largest absolute Gasteiger partial charge is 0.398 e. The fourth-order valence-corrected chi connectivity index (χ4v) is 2.85. The minimum Gasteiger partial charge on any atom is -0.398 e. The van der Waals surface area contributed by atoms with Gasteiger partial charge in [0.05, 0.1) is 10.2 Å². The summed E-state index contributed by atoms with van der Waals surface area (Å²) in [5, 5.41) is 8.55. The van der Waals surface area contributed by atoms with E-state index in [1.807, 2.05) is 0 Å². The SMILES string of the molecule is Nc1cc(F)c(Br)cc1S(=O)(=O)NCCCO. The summed E-state index contributed by atoms with van der Waals surface area (Å²) < 4.78 is 38.9. The zero-order chi connectivity index (χ0) is 13.1. The van der Waals surface area contributed by atoms with Gasteiger partial charge in [-0.1, -0.05) is 0 Å². The van der Waals surface area contributed by atoms with Crippen molar-refractivity contribution in [1.29, 1.82) is 0 Å². The van der Waals surface area contributed by atoms with Gasteiger partial charge in [-0.2, -0.15) is 0 Å². The van der Waals surface area contributed by atoms with Gasteiger partial charge < -0.3 is 10.8 Å². The molecule has 96 valence electrons. The number of sulfonamides is 1. The highest BCUT2D eigenvalue weighted by Gasteiger charge is 2.18. The number of aliphatic hydroxyl groups excluding tert-OH is 1. The third-order valence-corrected chi connectivity index (χ3v) is 4.09. The number of benzene rings is 1. The van der Waals surface area contributed by atoms with Crippen LogP contribution < -0.4 is 10.5 Å². The minimum absolute atomic E-state index is 0.0224. The average Bonchev–Trinajstić information content (AvgIpc) is 2.23. The van der Waals surface area contributed by atoms with Gasteiger partial charge in [-0.25, -0.2) is 17.5 Å². The topological polar surface area (TPSA) is 92.4 Å². The van der Waals surface area contributed by atoms with E-state index in [1.54, 1.807) is 0 Å². The van der Waals surface area contributed by atoms with Crippen LogP contribution in [0.25, 0.3) is 0 Å². The molecule has 0 aliphatic rings. The van der Waals surface area contributed by atoms with Gasteiger partial charge in [-0.05, 0) is 34.5 Å². The van der Waals surface area contributed by atoms with Gasteiger partial charge in [0, 0.05) is 13.2 Å². The van der Waals surface area contributed by atoms with Crippen molar-refractivity contribution < 1.29 is 17.9 Å². The molecular formula is C9H12BrFN2O3S. The third-order valence-electron chi connectivity index (χ3n) is 1.97. The summed E-state index contributed by atoms with van der Waals surface area (Å²) in [5.74, 6) is -0.628. The molecule has 0 atom stereocenters. The third kappa shape index (κ3) is 3.63. The predicted molar refractivity (Wildman–Crippen MR) is 65.4 cm³/mol. The lowest BCUT2D eigenvalue weighted by Crippen LogP contribution is -2.26. The van der Waals surface area contributed by atoms with Gasteiger partial charge >= 0.3 is 0 Å². The molecule has 0 saturated carbocycles. The van der Waals surface area contributed by atoms with Crippen molar-refractivity contribution >= 4 is 31.6 Å². The number of nitrogens with one attached hydrogen (secondary N) is 1. The summed E-state index contributed by atoms with van der Waals surface area (Å²) in [6.07, 6.45) is 0.293. The van der Waals surface area contributed by atoms with Crippen molar-refractivity contribution in [3.8, 4) is 0 Å². The molecule has 1 aromatic carbocycles. The van der Waals surface area contributed by atoms with Crippen LogP contribution in [0.3, 0.4) is 0 Å². The number of hydrogen-bond acceptors (Lipinski definition) is 4. The van der Waals surface area contributed by atoms with Crippen LogP contribution >= 0.6 is 15.9 Å². The van der Waals surface area contributed by atoms with Crippen molar-refractivity contribution in [3.63, 3.8) is 0 Å². The molecule has 0 aliphatic carbocycles. The Morgan fingerprint density at radius 3 is 2.71 bits per heavy atom. The Hall–Kier alpha value is -0.700. The van der Waals surface area contributed by atoms with Crippen LogP contribution in [-0.2, 0) is 10.0 Å². The molecule has 4 N–H and O–H groups in total. The molecule has 0 heterocycles. The monoisotopic (exact) mass is 326 g/mol. The molecule has 5 nitrogen and oxygen atoms in total. The normalized spacial score (nSPS) is 11.7. The standard InChI is InChI=1S/C9H12BrFN2O3S/c10-6-4-9(8(12)5-7(6)11)17(15,16)13-2-1-3-14/h4-5,13-14H,1-3,12H2. The lowest BCUT2D eigenvalue weighted by molar-refractivity contribution is 0.289. The number of nitrogen functional groups attached to an aromatic ring is 1. The van der Waals surface area contributed by atoms with Gasteiger partial charge in [-0.15, -0.1) is 0 Å². The first-order valence-electron chi connectivity index (χ1n) is 4.73. The fourth-order valence-electron chi connectivity index (χ4n) is 1.14. The maximum absolute atomic E-state index is 13.1. The molecule has 8 heteroatoms. The van der Waals surface area contributed by atoms with Gasteiger partial charge in [0.15, 0.2) is 0 Å². The minimum atomic E-state index is -3.79. The highest BCUT2D eigenvalue weighted by atomic mass is 79.9. The van der Waals surface area contributed by atoms with Gasteiger partial charge in [-0.3, -0.25) is 0 Å². The molecule has 0 spiro atoms. The second kappa shape index (κ2) is 5.76. The van der Waals surface area contributed by atoms with E-state index < -0.39 is 15.8 Å². The lowest BCUT2D eigenvalue weighted by atomic mass is 10.3. The van der Waals surface area contributed by atoms with Crippen LogP contribution in [0.2, 0.25) is 0 Å². The number of anilines is 1. The summed E-state index contributed by atoms with van der Waals surface area (Å²) in [4.78, 5) is -0.191. The number of rotatable bonds is 5. The molecule has 0 bridgehead atoms. The fraction of sp³-hybridized carbons (Fsp3) is 0.333. The second-order valence-corrected chi connectivity index (χ2v) is 5.87. The Kier molecular flexibility index (Phi) is 4.87. The van der Waals surface area contributed by atoms with E-state index >= 15 is 0 Å². The Bertz CT molecular complexity index is 507. The Morgan fingerprint density at radius 1 is 1.47 bits per heavy atom. The highest BCUT2D eigenvalue weighted by molar-refractivity contribution is 9.10. The first kappa shape index (κ1) is 14.4. The van der Waals surface area contributed by atoms with Crippen LogP contribution in [0.5, 0.6) is 0 Å².